The summed E-state index contributed by atoms with van der Waals surface area (Å²) in [4.78, 5) is 0. The zero-order valence-electron chi connectivity index (χ0n) is 6.11. The minimum absolute atomic E-state index is 0. The molecule has 0 bridgehead atoms. The van der Waals surface area contributed by atoms with Crippen molar-refractivity contribution in [3.8, 4) is 0 Å². The molecule has 0 saturated carbocycles. The van der Waals surface area contributed by atoms with E-state index in [1.165, 1.54) is 0 Å². The molecule has 1 heterocycles. The van der Waals surface area contributed by atoms with Gasteiger partial charge in [-0.25, -0.2) is 0 Å². The van der Waals surface area contributed by atoms with Crippen molar-refractivity contribution < 1.29 is 13.2 Å². The van der Waals surface area contributed by atoms with Crippen LogP contribution < -0.4 is 5.32 Å². The molecule has 2 atom stereocenters. The number of hydrogen-bond acceptors (Lipinski definition) is 1. The quantitative estimate of drug-likeness (QED) is 0.613. The molecule has 1 aliphatic rings. The minimum Gasteiger partial charge on any atom is -0.316 e. The first-order valence-electron chi connectivity index (χ1n) is 3.29. The Morgan fingerprint density at radius 3 is 2.00 bits per heavy atom. The molecule has 1 nitrogen and oxygen atoms in total. The van der Waals surface area contributed by atoms with Gasteiger partial charge in [-0.15, -0.1) is 12.4 Å². The molecule has 1 aliphatic heterocycles. The highest BCUT2D eigenvalue weighted by Crippen LogP contribution is 2.33. The number of nitrogens with one attached hydrogen (secondary N) is 1. The molecular formula is C6H11ClF3N. The van der Waals surface area contributed by atoms with Gasteiger partial charge in [0.1, 0.15) is 0 Å². The van der Waals surface area contributed by atoms with Crippen LogP contribution in [-0.4, -0.2) is 19.3 Å². The molecule has 1 fully saturated rings. The van der Waals surface area contributed by atoms with Crippen LogP contribution in [0.5, 0.6) is 0 Å². The van der Waals surface area contributed by atoms with Gasteiger partial charge in [-0.05, 0) is 12.5 Å². The number of rotatable bonds is 0. The molecule has 1 rings (SSSR count). The fraction of sp³-hybridized carbons (Fsp3) is 1.00. The summed E-state index contributed by atoms with van der Waals surface area (Å²) in [6.45, 7) is 2.20. The first-order valence-corrected chi connectivity index (χ1v) is 3.29. The third kappa shape index (κ3) is 2.52. The van der Waals surface area contributed by atoms with E-state index >= 15 is 0 Å². The van der Waals surface area contributed by atoms with Crippen LogP contribution in [0.4, 0.5) is 13.2 Å². The Bertz CT molecular complexity index is 125. The molecule has 1 N–H and O–H groups in total. The molecule has 11 heavy (non-hydrogen) atoms. The first-order chi connectivity index (χ1) is 4.52. The maximum atomic E-state index is 12.0. The number of alkyl halides is 3. The van der Waals surface area contributed by atoms with E-state index in [0.717, 1.165) is 0 Å². The van der Waals surface area contributed by atoms with Gasteiger partial charge >= 0.3 is 6.18 Å². The summed E-state index contributed by atoms with van der Waals surface area (Å²) in [5.41, 5.74) is 0. The number of halogens is 4. The predicted molar refractivity (Wildman–Crippen MR) is 38.8 cm³/mol. The van der Waals surface area contributed by atoms with Crippen molar-refractivity contribution in [2.75, 3.05) is 13.1 Å². The van der Waals surface area contributed by atoms with Gasteiger partial charge in [-0.3, -0.25) is 0 Å². The predicted octanol–water partition coefficient (Wildman–Crippen LogP) is 1.83. The summed E-state index contributed by atoms with van der Waals surface area (Å²) in [7, 11) is 0. The molecule has 0 amide bonds. The first kappa shape index (κ1) is 11.0. The standard InChI is InChI=1S/C6H10F3N.ClH/c1-4-2-10-3-5(4)6(7,8)9;/h4-5,10H,2-3H2,1H3;1H/t4-,5-;/m0./s1. The van der Waals surface area contributed by atoms with Crippen molar-refractivity contribution in [1.29, 1.82) is 0 Å². The molecule has 0 aliphatic carbocycles. The van der Waals surface area contributed by atoms with Crippen LogP contribution >= 0.6 is 12.4 Å². The second kappa shape index (κ2) is 3.63. The molecule has 1 saturated heterocycles. The van der Waals surface area contributed by atoms with E-state index in [4.69, 9.17) is 0 Å². The van der Waals surface area contributed by atoms with Gasteiger partial charge in [0, 0.05) is 6.54 Å². The van der Waals surface area contributed by atoms with Gasteiger partial charge < -0.3 is 5.32 Å². The molecule has 0 spiro atoms. The fourth-order valence-electron chi connectivity index (χ4n) is 1.25. The zero-order valence-corrected chi connectivity index (χ0v) is 6.93. The molecule has 68 valence electrons. The van der Waals surface area contributed by atoms with E-state index in [1.54, 1.807) is 6.92 Å². The van der Waals surface area contributed by atoms with Crippen LogP contribution in [0.15, 0.2) is 0 Å². The van der Waals surface area contributed by atoms with Crippen LogP contribution in [-0.2, 0) is 0 Å². The Morgan fingerprint density at radius 1 is 1.27 bits per heavy atom. The molecule has 0 unspecified atom stereocenters. The van der Waals surface area contributed by atoms with E-state index in [0.29, 0.717) is 6.54 Å². The van der Waals surface area contributed by atoms with E-state index in [2.05, 4.69) is 5.32 Å². The maximum Gasteiger partial charge on any atom is 0.393 e. The minimum atomic E-state index is -4.01. The Kier molecular flexibility index (Phi) is 3.64. The van der Waals surface area contributed by atoms with Crippen molar-refractivity contribution in [1.82, 2.24) is 5.32 Å². The van der Waals surface area contributed by atoms with E-state index in [9.17, 15) is 13.2 Å². The normalized spacial score (nSPS) is 31.6. The largest absolute Gasteiger partial charge is 0.393 e. The molecule has 0 aromatic rings. The Balaban J connectivity index is 0.000001000. The fourth-order valence-corrected chi connectivity index (χ4v) is 1.25. The summed E-state index contributed by atoms with van der Waals surface area (Å²) in [5.74, 6) is -1.40. The van der Waals surface area contributed by atoms with E-state index in [1.807, 2.05) is 0 Å². The van der Waals surface area contributed by atoms with Gasteiger partial charge in [-0.1, -0.05) is 6.92 Å². The third-order valence-corrected chi connectivity index (χ3v) is 1.94. The maximum absolute atomic E-state index is 12.0. The summed E-state index contributed by atoms with van der Waals surface area (Å²) in [5, 5.41) is 2.71. The van der Waals surface area contributed by atoms with Gasteiger partial charge in [-0.2, -0.15) is 13.2 Å². The Morgan fingerprint density at radius 2 is 1.82 bits per heavy atom. The van der Waals surface area contributed by atoms with Gasteiger partial charge in [0.15, 0.2) is 0 Å². The van der Waals surface area contributed by atoms with Gasteiger partial charge in [0.05, 0.1) is 5.92 Å². The molecule has 0 aromatic carbocycles. The monoisotopic (exact) mass is 189 g/mol. The average Bonchev–Trinajstić information content (AvgIpc) is 2.11. The van der Waals surface area contributed by atoms with Crippen molar-refractivity contribution in [2.24, 2.45) is 11.8 Å². The summed E-state index contributed by atoms with van der Waals surface area (Å²) >= 11 is 0. The lowest BCUT2D eigenvalue weighted by Gasteiger charge is -2.17. The smallest absolute Gasteiger partial charge is 0.316 e. The highest BCUT2D eigenvalue weighted by Gasteiger charge is 2.44. The van der Waals surface area contributed by atoms with Crippen LogP contribution in [0.3, 0.4) is 0 Å². The van der Waals surface area contributed by atoms with E-state index < -0.39 is 12.1 Å². The van der Waals surface area contributed by atoms with Crippen molar-refractivity contribution >= 4 is 12.4 Å². The molecule has 0 aromatic heterocycles. The second-order valence-electron chi connectivity index (χ2n) is 2.78. The lowest BCUT2D eigenvalue weighted by molar-refractivity contribution is -0.177. The van der Waals surface area contributed by atoms with Gasteiger partial charge in [0.2, 0.25) is 0 Å². The van der Waals surface area contributed by atoms with Crippen LogP contribution in [0.25, 0.3) is 0 Å². The summed E-state index contributed by atoms with van der Waals surface area (Å²) in [6.07, 6.45) is -4.01. The average molecular weight is 190 g/mol. The SMILES string of the molecule is C[C@H]1CNC[C@@H]1C(F)(F)F.Cl. The van der Waals surface area contributed by atoms with Crippen LogP contribution in [0.2, 0.25) is 0 Å². The lowest BCUT2D eigenvalue weighted by atomic mass is 9.98. The van der Waals surface area contributed by atoms with E-state index in [-0.39, 0.29) is 24.9 Å². The molecule has 5 heteroatoms. The molecule has 0 radical (unpaired) electrons. The molecular weight excluding hydrogens is 179 g/mol. The van der Waals surface area contributed by atoms with Crippen molar-refractivity contribution in [2.45, 2.75) is 13.1 Å². The van der Waals surface area contributed by atoms with Crippen molar-refractivity contribution in [3.05, 3.63) is 0 Å². The highest BCUT2D eigenvalue weighted by molar-refractivity contribution is 5.85. The van der Waals surface area contributed by atoms with Gasteiger partial charge in [0.25, 0.3) is 0 Å². The number of hydrogen-bond donors (Lipinski definition) is 1. The zero-order chi connectivity index (χ0) is 7.78. The van der Waals surface area contributed by atoms with Crippen LogP contribution in [0.1, 0.15) is 6.92 Å². The summed E-state index contributed by atoms with van der Waals surface area (Å²) in [6, 6.07) is 0. The lowest BCUT2D eigenvalue weighted by Crippen LogP contribution is -2.28. The summed E-state index contributed by atoms with van der Waals surface area (Å²) < 4.78 is 35.9. The Labute approximate surface area is 69.8 Å². The topological polar surface area (TPSA) is 12.0 Å². The Hall–Kier alpha value is 0.0400. The highest BCUT2D eigenvalue weighted by atomic mass is 35.5. The third-order valence-electron chi connectivity index (χ3n) is 1.94. The van der Waals surface area contributed by atoms with Crippen LogP contribution in [0, 0.1) is 11.8 Å². The van der Waals surface area contributed by atoms with Crippen molar-refractivity contribution in [3.63, 3.8) is 0 Å². The second-order valence-corrected chi connectivity index (χ2v) is 2.78.